The third-order valence-electron chi connectivity index (χ3n) is 5.65. The van der Waals surface area contributed by atoms with E-state index in [0.29, 0.717) is 24.1 Å². The molecule has 10 nitrogen and oxygen atoms in total. The number of halogens is 4. The number of aromatic amines is 1. The van der Waals surface area contributed by atoms with E-state index in [4.69, 9.17) is 5.73 Å². The van der Waals surface area contributed by atoms with Crippen LogP contribution in [0.5, 0.6) is 0 Å². The maximum absolute atomic E-state index is 14.9. The first-order chi connectivity index (χ1) is 17.4. The minimum atomic E-state index is -4.85. The molecular formula is C23H22F4N8O2. The predicted octanol–water partition coefficient (Wildman–Crippen LogP) is 3.27. The SMILES string of the molecule is Cc1nc(N)nc(-c2cc3ccn(CCCC(C)Nc4cn[nH]c(=O)c4C(F)(F)F)c(=O)c3cc2F)n1. The van der Waals surface area contributed by atoms with E-state index < -0.39 is 40.4 Å². The standard InChI is InChI=1S/C23H22F4N8O2/c1-11(30-17-10-29-34-20(36)18(17)23(25,26)27)4-3-6-35-7-5-13-8-15(16(24)9-14(13)21(35)37)19-31-12(2)32-22(28)33-19/h5,7-11H,3-4,6H2,1-2H3,(H2,30,34,36)(H2,28,31,32,33). The van der Waals surface area contributed by atoms with Gasteiger partial charge in [-0.2, -0.15) is 28.2 Å². The average Bonchev–Trinajstić information content (AvgIpc) is 2.79. The van der Waals surface area contributed by atoms with Crippen LogP contribution in [0, 0.1) is 12.7 Å². The molecule has 0 saturated heterocycles. The van der Waals surface area contributed by atoms with Gasteiger partial charge < -0.3 is 15.6 Å². The van der Waals surface area contributed by atoms with Gasteiger partial charge in [0, 0.05) is 18.8 Å². The van der Waals surface area contributed by atoms with Crippen molar-refractivity contribution in [1.29, 1.82) is 0 Å². The summed E-state index contributed by atoms with van der Waals surface area (Å²) in [5.74, 6) is -0.367. The molecule has 0 saturated carbocycles. The molecule has 0 aliphatic rings. The quantitative estimate of drug-likeness (QED) is 0.316. The Labute approximate surface area is 206 Å². The summed E-state index contributed by atoms with van der Waals surface area (Å²) in [4.78, 5) is 36.5. The molecule has 3 heterocycles. The number of nitrogens with one attached hydrogen (secondary N) is 2. The van der Waals surface area contributed by atoms with Crippen LogP contribution in [0.2, 0.25) is 0 Å². The van der Waals surface area contributed by atoms with Crippen LogP contribution in [0.4, 0.5) is 29.2 Å². The topological polar surface area (TPSA) is 144 Å². The molecule has 0 radical (unpaired) electrons. The summed E-state index contributed by atoms with van der Waals surface area (Å²) in [7, 11) is 0. The van der Waals surface area contributed by atoms with E-state index in [2.05, 4.69) is 25.4 Å². The number of hydrogen-bond donors (Lipinski definition) is 3. The fraction of sp³-hybridized carbons (Fsp3) is 0.304. The van der Waals surface area contributed by atoms with Gasteiger partial charge in [0.1, 0.15) is 17.2 Å². The largest absolute Gasteiger partial charge is 0.423 e. The van der Waals surface area contributed by atoms with Crippen LogP contribution in [0.15, 0.2) is 40.2 Å². The van der Waals surface area contributed by atoms with Gasteiger partial charge in [0.25, 0.3) is 11.1 Å². The molecule has 4 N–H and O–H groups in total. The van der Waals surface area contributed by atoms with Crippen LogP contribution in [0.3, 0.4) is 0 Å². The lowest BCUT2D eigenvalue weighted by atomic mass is 10.1. The Morgan fingerprint density at radius 2 is 1.95 bits per heavy atom. The van der Waals surface area contributed by atoms with E-state index in [1.807, 2.05) is 0 Å². The first kappa shape index (κ1) is 25.7. The van der Waals surface area contributed by atoms with E-state index in [0.717, 1.165) is 12.3 Å². The van der Waals surface area contributed by atoms with E-state index in [1.165, 1.54) is 10.6 Å². The minimum absolute atomic E-state index is 0.0499. The number of rotatable bonds is 7. The van der Waals surface area contributed by atoms with E-state index in [1.54, 1.807) is 31.2 Å². The lowest BCUT2D eigenvalue weighted by Crippen LogP contribution is -2.27. The molecule has 0 bridgehead atoms. The first-order valence-electron chi connectivity index (χ1n) is 11.2. The molecule has 0 amide bonds. The van der Waals surface area contributed by atoms with Gasteiger partial charge in [0.05, 0.1) is 22.8 Å². The number of nitrogen functional groups attached to an aromatic ring is 1. The van der Waals surface area contributed by atoms with Crippen molar-refractivity contribution in [1.82, 2.24) is 29.7 Å². The number of anilines is 2. The monoisotopic (exact) mass is 518 g/mol. The summed E-state index contributed by atoms with van der Waals surface area (Å²) in [5.41, 5.74) is 2.18. The molecule has 1 unspecified atom stereocenters. The molecule has 4 aromatic rings. The van der Waals surface area contributed by atoms with Crippen molar-refractivity contribution < 1.29 is 17.6 Å². The third-order valence-corrected chi connectivity index (χ3v) is 5.65. The van der Waals surface area contributed by atoms with Gasteiger partial charge in [-0.1, -0.05) is 0 Å². The van der Waals surface area contributed by atoms with Gasteiger partial charge in [-0.3, -0.25) is 9.59 Å². The molecular weight excluding hydrogens is 496 g/mol. The second-order valence-corrected chi connectivity index (χ2v) is 8.47. The van der Waals surface area contributed by atoms with E-state index in [-0.39, 0.29) is 29.3 Å². The lowest BCUT2D eigenvalue weighted by molar-refractivity contribution is -0.138. The number of H-pyrrole nitrogens is 1. The summed E-state index contributed by atoms with van der Waals surface area (Å²) in [6.07, 6.45) is -1.59. The van der Waals surface area contributed by atoms with E-state index in [9.17, 15) is 27.2 Å². The zero-order chi connectivity index (χ0) is 26.9. The Bertz CT molecular complexity index is 1560. The van der Waals surface area contributed by atoms with Crippen molar-refractivity contribution in [3.05, 3.63) is 68.5 Å². The fourth-order valence-electron chi connectivity index (χ4n) is 3.97. The molecule has 194 valence electrons. The van der Waals surface area contributed by atoms with Crippen molar-refractivity contribution in [2.45, 2.75) is 45.5 Å². The van der Waals surface area contributed by atoms with Crippen LogP contribution in [0.1, 0.15) is 31.2 Å². The number of alkyl halides is 3. The smallest absolute Gasteiger partial charge is 0.381 e. The Kier molecular flexibility index (Phi) is 6.92. The van der Waals surface area contributed by atoms with Crippen LogP contribution in [0.25, 0.3) is 22.2 Å². The number of hydrogen-bond acceptors (Lipinski definition) is 8. The Morgan fingerprint density at radius 1 is 1.19 bits per heavy atom. The summed E-state index contributed by atoms with van der Waals surface area (Å²) >= 11 is 0. The summed E-state index contributed by atoms with van der Waals surface area (Å²) in [5, 5.41) is 8.50. The second-order valence-electron chi connectivity index (χ2n) is 8.47. The number of nitrogens with zero attached hydrogens (tertiary/aromatic N) is 5. The lowest BCUT2D eigenvalue weighted by Gasteiger charge is -2.18. The molecule has 0 aliphatic carbocycles. The molecule has 0 spiro atoms. The van der Waals surface area contributed by atoms with Gasteiger partial charge in [0.15, 0.2) is 5.82 Å². The molecule has 14 heteroatoms. The Morgan fingerprint density at radius 3 is 2.65 bits per heavy atom. The van der Waals surface area contributed by atoms with Crippen molar-refractivity contribution in [3.8, 4) is 11.4 Å². The predicted molar refractivity (Wildman–Crippen MR) is 128 cm³/mol. The van der Waals surface area contributed by atoms with Crippen molar-refractivity contribution in [2.75, 3.05) is 11.1 Å². The van der Waals surface area contributed by atoms with Gasteiger partial charge in [0.2, 0.25) is 5.95 Å². The zero-order valence-electron chi connectivity index (χ0n) is 19.7. The molecule has 4 rings (SSSR count). The van der Waals surface area contributed by atoms with Crippen molar-refractivity contribution in [3.63, 3.8) is 0 Å². The maximum Gasteiger partial charge on any atom is 0.423 e. The van der Waals surface area contributed by atoms with Gasteiger partial charge in [-0.25, -0.2) is 14.5 Å². The number of pyridine rings is 1. The van der Waals surface area contributed by atoms with Gasteiger partial charge in [-0.15, -0.1) is 0 Å². The maximum atomic E-state index is 14.9. The van der Waals surface area contributed by atoms with E-state index >= 15 is 0 Å². The van der Waals surface area contributed by atoms with Crippen molar-refractivity contribution >= 4 is 22.4 Å². The average molecular weight is 518 g/mol. The Balaban J connectivity index is 1.49. The normalized spacial score (nSPS) is 12.6. The highest BCUT2D eigenvalue weighted by molar-refractivity contribution is 5.86. The van der Waals surface area contributed by atoms with Crippen LogP contribution < -0.4 is 22.2 Å². The Hall–Kier alpha value is -4.36. The number of nitrogens with two attached hydrogens (primary N) is 1. The van der Waals surface area contributed by atoms with Gasteiger partial charge >= 0.3 is 6.18 Å². The molecule has 37 heavy (non-hydrogen) atoms. The van der Waals surface area contributed by atoms with Crippen LogP contribution in [-0.2, 0) is 12.7 Å². The number of benzene rings is 1. The highest BCUT2D eigenvalue weighted by Crippen LogP contribution is 2.32. The number of fused-ring (bicyclic) bond motifs is 1. The molecule has 1 aromatic carbocycles. The third kappa shape index (κ3) is 5.57. The molecule has 0 fully saturated rings. The summed E-state index contributed by atoms with van der Waals surface area (Å²) in [6, 6.07) is 3.76. The minimum Gasteiger partial charge on any atom is -0.381 e. The zero-order valence-corrected chi connectivity index (χ0v) is 19.7. The first-order valence-corrected chi connectivity index (χ1v) is 11.2. The molecule has 3 aromatic heterocycles. The van der Waals surface area contributed by atoms with Crippen molar-refractivity contribution in [2.24, 2.45) is 0 Å². The number of aromatic nitrogens is 6. The highest BCUT2D eigenvalue weighted by atomic mass is 19.4. The van der Waals surface area contributed by atoms with Crippen LogP contribution in [-0.4, -0.2) is 35.8 Å². The van der Waals surface area contributed by atoms with Crippen LogP contribution >= 0.6 is 0 Å². The summed E-state index contributed by atoms with van der Waals surface area (Å²) < 4.78 is 55.9. The number of aryl methyl sites for hydroxylation is 2. The highest BCUT2D eigenvalue weighted by Gasteiger charge is 2.37. The fourth-order valence-corrected chi connectivity index (χ4v) is 3.97. The molecule has 0 aliphatic heterocycles. The molecule has 1 atom stereocenters. The second kappa shape index (κ2) is 9.95. The summed E-state index contributed by atoms with van der Waals surface area (Å²) in [6.45, 7) is 3.49. The van der Waals surface area contributed by atoms with Gasteiger partial charge in [-0.05, 0) is 50.3 Å².